The third kappa shape index (κ3) is 3.96. The predicted molar refractivity (Wildman–Crippen MR) is 72.0 cm³/mol. The van der Waals surface area contributed by atoms with Gasteiger partial charge in [0.15, 0.2) is 0 Å². The van der Waals surface area contributed by atoms with Crippen LogP contribution in [0.3, 0.4) is 0 Å². The van der Waals surface area contributed by atoms with Gasteiger partial charge in [-0.1, -0.05) is 32.1 Å². The van der Waals surface area contributed by atoms with Gasteiger partial charge in [0.25, 0.3) is 0 Å². The molecule has 0 amide bonds. The Balaban J connectivity index is 1.75. The predicted octanol–water partition coefficient (Wildman–Crippen LogP) is 3.10. The first-order chi connectivity index (χ1) is 8.18. The zero-order valence-corrected chi connectivity index (χ0v) is 11.4. The molecule has 0 spiro atoms. The molecule has 2 aliphatic rings. The highest BCUT2D eigenvalue weighted by Gasteiger charge is 2.33. The van der Waals surface area contributed by atoms with E-state index in [-0.39, 0.29) is 0 Å². The van der Waals surface area contributed by atoms with Crippen molar-refractivity contribution in [2.24, 2.45) is 11.8 Å². The summed E-state index contributed by atoms with van der Waals surface area (Å²) >= 11 is 0. The molecule has 2 N–H and O–H groups in total. The molecular formula is C15H29NO. The molecule has 1 heterocycles. The summed E-state index contributed by atoms with van der Waals surface area (Å²) in [6, 6.07) is 0. The van der Waals surface area contributed by atoms with Gasteiger partial charge in [0.05, 0.1) is 5.60 Å². The van der Waals surface area contributed by atoms with Gasteiger partial charge in [-0.2, -0.15) is 0 Å². The molecule has 2 fully saturated rings. The highest BCUT2D eigenvalue weighted by molar-refractivity contribution is 4.86. The van der Waals surface area contributed by atoms with Crippen LogP contribution < -0.4 is 5.32 Å². The first kappa shape index (κ1) is 13.4. The minimum atomic E-state index is -0.440. The fourth-order valence-corrected chi connectivity index (χ4v) is 3.56. The summed E-state index contributed by atoms with van der Waals surface area (Å²) in [5.74, 6) is 1.37. The van der Waals surface area contributed by atoms with E-state index in [9.17, 15) is 5.11 Å². The second kappa shape index (κ2) is 6.19. The topological polar surface area (TPSA) is 32.3 Å². The van der Waals surface area contributed by atoms with E-state index in [1.807, 2.05) is 0 Å². The summed E-state index contributed by atoms with van der Waals surface area (Å²) in [7, 11) is 0. The van der Waals surface area contributed by atoms with Crippen molar-refractivity contribution >= 4 is 0 Å². The van der Waals surface area contributed by atoms with Gasteiger partial charge in [0, 0.05) is 6.54 Å². The molecular weight excluding hydrogens is 210 g/mol. The molecule has 2 rings (SSSR count). The fourth-order valence-electron chi connectivity index (χ4n) is 3.56. The Morgan fingerprint density at radius 2 is 1.88 bits per heavy atom. The third-order valence-corrected chi connectivity index (χ3v) is 4.96. The van der Waals surface area contributed by atoms with Gasteiger partial charge in [-0.3, -0.25) is 0 Å². The fraction of sp³-hybridized carbons (Fsp3) is 1.00. The number of rotatable bonds is 4. The molecule has 1 aliphatic carbocycles. The number of piperidine rings is 1. The Bertz CT molecular complexity index is 215. The van der Waals surface area contributed by atoms with Crippen LogP contribution in [0.2, 0.25) is 0 Å². The van der Waals surface area contributed by atoms with Crippen molar-refractivity contribution in [1.82, 2.24) is 5.32 Å². The highest BCUT2D eigenvalue weighted by atomic mass is 16.3. The first-order valence-corrected chi connectivity index (χ1v) is 7.61. The SMILES string of the molecule is CC(O)(CCC1CCCCC1)C1CCCNC1. The van der Waals surface area contributed by atoms with E-state index in [1.165, 1.54) is 51.4 Å². The molecule has 0 aromatic carbocycles. The Hall–Kier alpha value is -0.0800. The maximum Gasteiger partial charge on any atom is 0.0660 e. The van der Waals surface area contributed by atoms with Crippen LogP contribution >= 0.6 is 0 Å². The van der Waals surface area contributed by atoms with Crippen molar-refractivity contribution in [1.29, 1.82) is 0 Å². The second-order valence-corrected chi connectivity index (χ2v) is 6.44. The standard InChI is InChI=1S/C15H29NO/c1-15(17,14-8-5-11-16-12-14)10-9-13-6-3-2-4-7-13/h13-14,16-17H,2-12H2,1H3. The van der Waals surface area contributed by atoms with Crippen LogP contribution in [0.1, 0.15) is 64.7 Å². The Morgan fingerprint density at radius 3 is 2.53 bits per heavy atom. The lowest BCUT2D eigenvalue weighted by atomic mass is 9.77. The number of aliphatic hydroxyl groups is 1. The lowest BCUT2D eigenvalue weighted by Crippen LogP contribution is -2.44. The van der Waals surface area contributed by atoms with Crippen LogP contribution in [0, 0.1) is 11.8 Å². The average molecular weight is 239 g/mol. The van der Waals surface area contributed by atoms with Crippen molar-refractivity contribution in [2.45, 2.75) is 70.3 Å². The van der Waals surface area contributed by atoms with Crippen molar-refractivity contribution in [3.8, 4) is 0 Å². The molecule has 1 saturated carbocycles. The zero-order valence-electron chi connectivity index (χ0n) is 11.4. The quantitative estimate of drug-likeness (QED) is 0.790. The van der Waals surface area contributed by atoms with E-state index >= 15 is 0 Å². The molecule has 100 valence electrons. The van der Waals surface area contributed by atoms with E-state index in [0.717, 1.165) is 25.4 Å². The van der Waals surface area contributed by atoms with Crippen molar-refractivity contribution in [2.75, 3.05) is 13.1 Å². The van der Waals surface area contributed by atoms with Crippen LogP contribution in [0.15, 0.2) is 0 Å². The molecule has 0 bridgehead atoms. The van der Waals surface area contributed by atoms with Crippen LogP contribution in [0.4, 0.5) is 0 Å². The summed E-state index contributed by atoms with van der Waals surface area (Å²) < 4.78 is 0. The van der Waals surface area contributed by atoms with E-state index in [1.54, 1.807) is 0 Å². The van der Waals surface area contributed by atoms with Crippen LogP contribution in [0.5, 0.6) is 0 Å². The maximum atomic E-state index is 10.6. The van der Waals surface area contributed by atoms with Crippen LogP contribution in [-0.4, -0.2) is 23.8 Å². The van der Waals surface area contributed by atoms with E-state index in [4.69, 9.17) is 0 Å². The molecule has 1 saturated heterocycles. The highest BCUT2D eigenvalue weighted by Crippen LogP contribution is 2.33. The third-order valence-electron chi connectivity index (χ3n) is 4.96. The largest absolute Gasteiger partial charge is 0.390 e. The van der Waals surface area contributed by atoms with Crippen molar-refractivity contribution in [3.05, 3.63) is 0 Å². The van der Waals surface area contributed by atoms with Gasteiger partial charge in [0.2, 0.25) is 0 Å². The molecule has 1 aliphatic heterocycles. The molecule has 2 atom stereocenters. The summed E-state index contributed by atoms with van der Waals surface area (Å²) in [5.41, 5.74) is -0.440. The molecule has 0 aromatic rings. The number of hydrogen-bond acceptors (Lipinski definition) is 2. The van der Waals surface area contributed by atoms with Gasteiger partial charge < -0.3 is 10.4 Å². The first-order valence-electron chi connectivity index (χ1n) is 7.61. The number of nitrogens with one attached hydrogen (secondary N) is 1. The Kier molecular flexibility index (Phi) is 4.87. The summed E-state index contributed by atoms with van der Waals surface area (Å²) in [6.07, 6.45) is 11.7. The maximum absolute atomic E-state index is 10.6. The monoisotopic (exact) mass is 239 g/mol. The zero-order chi connectivity index (χ0) is 12.1. The van der Waals surface area contributed by atoms with Gasteiger partial charge in [-0.15, -0.1) is 0 Å². The molecule has 2 nitrogen and oxygen atoms in total. The second-order valence-electron chi connectivity index (χ2n) is 6.44. The average Bonchev–Trinajstić information content (AvgIpc) is 2.39. The normalized spacial score (nSPS) is 31.1. The Labute approximate surface area is 106 Å². The van der Waals surface area contributed by atoms with E-state index in [2.05, 4.69) is 12.2 Å². The van der Waals surface area contributed by atoms with E-state index in [0.29, 0.717) is 5.92 Å². The van der Waals surface area contributed by atoms with Gasteiger partial charge in [0.1, 0.15) is 0 Å². The lowest BCUT2D eigenvalue weighted by molar-refractivity contribution is -0.0236. The minimum absolute atomic E-state index is 0.440. The van der Waals surface area contributed by atoms with Gasteiger partial charge in [-0.25, -0.2) is 0 Å². The van der Waals surface area contributed by atoms with E-state index < -0.39 is 5.60 Å². The van der Waals surface area contributed by atoms with Crippen molar-refractivity contribution in [3.63, 3.8) is 0 Å². The number of hydrogen-bond donors (Lipinski definition) is 2. The molecule has 17 heavy (non-hydrogen) atoms. The van der Waals surface area contributed by atoms with Crippen molar-refractivity contribution < 1.29 is 5.11 Å². The minimum Gasteiger partial charge on any atom is -0.390 e. The smallest absolute Gasteiger partial charge is 0.0660 e. The molecule has 2 heteroatoms. The van der Waals surface area contributed by atoms with Crippen LogP contribution in [0.25, 0.3) is 0 Å². The Morgan fingerprint density at radius 1 is 1.12 bits per heavy atom. The molecule has 0 aromatic heterocycles. The van der Waals surface area contributed by atoms with Gasteiger partial charge in [-0.05, 0) is 51.0 Å². The van der Waals surface area contributed by atoms with Crippen LogP contribution in [-0.2, 0) is 0 Å². The van der Waals surface area contributed by atoms with Gasteiger partial charge >= 0.3 is 0 Å². The summed E-state index contributed by atoms with van der Waals surface area (Å²) in [5, 5.41) is 14.0. The summed E-state index contributed by atoms with van der Waals surface area (Å²) in [4.78, 5) is 0. The molecule has 0 radical (unpaired) electrons. The molecule has 2 unspecified atom stereocenters. The lowest BCUT2D eigenvalue weighted by Gasteiger charge is -2.37. The summed E-state index contributed by atoms with van der Waals surface area (Å²) in [6.45, 7) is 4.21.